The van der Waals surface area contributed by atoms with Gasteiger partial charge in [-0.15, -0.1) is 0 Å². The molecule has 1 fully saturated rings. The molecular weight excluding hydrogens is 622 g/mol. The van der Waals surface area contributed by atoms with Gasteiger partial charge in [0.05, 0.1) is 0 Å². The van der Waals surface area contributed by atoms with Crippen LogP contribution in [0.2, 0.25) is 5.02 Å². The molecule has 0 bridgehead atoms. The largest absolute Gasteiger partial charge is 0.434 e. The van der Waals surface area contributed by atoms with Gasteiger partial charge in [0.25, 0.3) is 11.5 Å². The van der Waals surface area contributed by atoms with Crippen LogP contribution in [0.3, 0.4) is 0 Å². The van der Waals surface area contributed by atoms with E-state index in [4.69, 9.17) is 16.3 Å². The lowest BCUT2D eigenvalue weighted by atomic mass is 9.97. The summed E-state index contributed by atoms with van der Waals surface area (Å²) in [4.78, 5) is 67.3. The van der Waals surface area contributed by atoms with Gasteiger partial charge in [-0.25, -0.2) is 4.79 Å². The molecule has 1 saturated carbocycles. The minimum absolute atomic E-state index is 0.00222. The van der Waals surface area contributed by atoms with Crippen molar-refractivity contribution in [3.05, 3.63) is 105 Å². The van der Waals surface area contributed by atoms with Gasteiger partial charge in [0, 0.05) is 34.8 Å². The second-order valence-corrected chi connectivity index (χ2v) is 11.5. The molecule has 1 unspecified atom stereocenters. The summed E-state index contributed by atoms with van der Waals surface area (Å²) in [6.07, 6.45) is 0.276. The van der Waals surface area contributed by atoms with E-state index in [2.05, 4.69) is 20.9 Å². The molecule has 244 valence electrons. The van der Waals surface area contributed by atoms with Crippen LogP contribution in [0.15, 0.2) is 77.7 Å². The molecule has 46 heavy (non-hydrogen) atoms. The first-order chi connectivity index (χ1) is 22.0. The molecule has 0 spiro atoms. The number of aromatic nitrogens is 1. The Bertz CT molecular complexity index is 1600. The number of ketones is 1. The van der Waals surface area contributed by atoms with Gasteiger partial charge in [-0.05, 0) is 43.0 Å². The lowest BCUT2D eigenvalue weighted by Crippen LogP contribution is -2.55. The van der Waals surface area contributed by atoms with Crippen molar-refractivity contribution in [1.82, 2.24) is 20.9 Å². The summed E-state index contributed by atoms with van der Waals surface area (Å²) in [5.41, 5.74) is -0.845. The number of alkyl carbamates (subject to hydrolysis) is 1. The summed E-state index contributed by atoms with van der Waals surface area (Å²) in [7, 11) is 0. The smallest absolute Gasteiger partial charge is 0.408 e. The molecule has 0 aliphatic heterocycles. The fraction of sp³-hybridized carbons (Fsp3) is 0.364. The lowest BCUT2D eigenvalue weighted by molar-refractivity contribution is -0.140. The highest BCUT2D eigenvalue weighted by Crippen LogP contribution is 2.43. The Morgan fingerprint density at radius 2 is 1.74 bits per heavy atom. The van der Waals surface area contributed by atoms with Crippen molar-refractivity contribution in [3.8, 4) is 0 Å². The van der Waals surface area contributed by atoms with Crippen LogP contribution in [0, 0.1) is 0 Å². The normalized spacial score (nSPS) is 14.8. The van der Waals surface area contributed by atoms with Gasteiger partial charge in [0.1, 0.15) is 12.1 Å². The maximum atomic E-state index is 15.9. The van der Waals surface area contributed by atoms with Gasteiger partial charge in [0.2, 0.25) is 11.7 Å². The van der Waals surface area contributed by atoms with E-state index in [1.165, 1.54) is 54.7 Å². The van der Waals surface area contributed by atoms with Crippen LogP contribution in [0.1, 0.15) is 61.8 Å². The predicted molar refractivity (Wildman–Crippen MR) is 166 cm³/mol. The molecule has 3 amide bonds. The average molecular weight is 657 g/mol. The molecule has 3 atom stereocenters. The Kier molecular flexibility index (Phi) is 11.6. The number of alkyl halides is 2. The Hall–Kier alpha value is -4.58. The summed E-state index contributed by atoms with van der Waals surface area (Å²) < 4.78 is 37.0. The van der Waals surface area contributed by atoms with Crippen LogP contribution < -0.4 is 21.5 Å². The first kappa shape index (κ1) is 34.3. The molecular formula is C33H35ClF2N4O6. The number of H-pyrrole nitrogens is 1. The zero-order valence-electron chi connectivity index (χ0n) is 25.1. The summed E-state index contributed by atoms with van der Waals surface area (Å²) in [6, 6.07) is 12.5. The minimum Gasteiger partial charge on any atom is -0.434 e. The molecule has 0 saturated heterocycles. The Balaban J connectivity index is 1.55. The van der Waals surface area contributed by atoms with Crippen molar-refractivity contribution in [3.63, 3.8) is 0 Å². The molecule has 1 aliphatic carbocycles. The number of nitrogens with one attached hydrogen (secondary N) is 4. The molecule has 10 nitrogen and oxygen atoms in total. The summed E-state index contributed by atoms with van der Waals surface area (Å²) >= 11 is 5.96. The average Bonchev–Trinajstić information content (AvgIpc) is 3.86. The molecule has 1 aromatic heterocycles. The number of rotatable bonds is 15. The minimum atomic E-state index is -3.72. The molecule has 3 aromatic rings. The number of halogens is 3. The first-order valence-corrected chi connectivity index (χ1v) is 15.3. The summed E-state index contributed by atoms with van der Waals surface area (Å²) in [5, 5.41) is 7.50. The maximum Gasteiger partial charge on any atom is 0.408 e. The van der Waals surface area contributed by atoms with E-state index >= 15 is 8.78 Å². The maximum absolute atomic E-state index is 15.9. The lowest BCUT2D eigenvalue weighted by Gasteiger charge is -2.29. The van der Waals surface area contributed by atoms with Crippen molar-refractivity contribution in [1.29, 1.82) is 0 Å². The van der Waals surface area contributed by atoms with E-state index in [-0.39, 0.29) is 35.0 Å². The number of ether oxygens (including phenoxy) is 1. The van der Waals surface area contributed by atoms with Crippen molar-refractivity contribution in [2.45, 2.75) is 75.6 Å². The number of carbonyl (C=O) groups is 4. The number of pyridine rings is 1. The van der Waals surface area contributed by atoms with Gasteiger partial charge >= 0.3 is 12.0 Å². The van der Waals surface area contributed by atoms with Crippen LogP contribution in [-0.2, 0) is 31.5 Å². The highest BCUT2D eigenvalue weighted by atomic mass is 35.5. The van der Waals surface area contributed by atoms with Gasteiger partial charge in [0.15, 0.2) is 6.10 Å². The van der Waals surface area contributed by atoms with Crippen molar-refractivity contribution >= 4 is 35.3 Å². The third-order valence-corrected chi connectivity index (χ3v) is 7.65. The van der Waals surface area contributed by atoms with E-state index in [0.717, 1.165) is 25.0 Å². The number of amides is 3. The van der Waals surface area contributed by atoms with Gasteiger partial charge in [-0.3, -0.25) is 19.2 Å². The molecule has 2 aromatic carbocycles. The molecule has 1 aliphatic rings. The van der Waals surface area contributed by atoms with Crippen LogP contribution in [0.4, 0.5) is 13.6 Å². The van der Waals surface area contributed by atoms with Crippen molar-refractivity contribution in [2.75, 3.05) is 0 Å². The van der Waals surface area contributed by atoms with Crippen LogP contribution in [0.5, 0.6) is 0 Å². The van der Waals surface area contributed by atoms with E-state index < -0.39 is 58.9 Å². The van der Waals surface area contributed by atoms with Gasteiger partial charge in [-0.2, -0.15) is 8.78 Å². The quantitative estimate of drug-likeness (QED) is 0.174. The monoisotopic (exact) mass is 656 g/mol. The Labute approximate surface area is 269 Å². The predicted octanol–water partition coefficient (Wildman–Crippen LogP) is 4.72. The number of Topliss-reactive ketones (excluding diaryl/α,β-unsaturated/α-hetero) is 1. The second-order valence-electron chi connectivity index (χ2n) is 11.1. The van der Waals surface area contributed by atoms with Crippen LogP contribution in [0.25, 0.3) is 0 Å². The van der Waals surface area contributed by atoms with Crippen LogP contribution >= 0.6 is 11.6 Å². The number of hydrogen-bond donors (Lipinski definition) is 4. The molecule has 4 N–H and O–H groups in total. The van der Waals surface area contributed by atoms with E-state index in [1.54, 1.807) is 6.07 Å². The van der Waals surface area contributed by atoms with Crippen LogP contribution in [-0.4, -0.2) is 46.8 Å². The molecule has 4 rings (SSSR count). The Morgan fingerprint density at radius 3 is 2.39 bits per heavy atom. The third kappa shape index (κ3) is 9.23. The number of carbonyl (C=O) groups excluding carboxylic acids is 4. The number of unbranched alkanes of at least 4 members (excludes halogenated alkanes) is 1. The third-order valence-electron chi connectivity index (χ3n) is 7.41. The number of aromatic amines is 1. The Morgan fingerprint density at radius 1 is 1.00 bits per heavy atom. The summed E-state index contributed by atoms with van der Waals surface area (Å²) in [5.74, 6) is -6.45. The standard InChI is InChI=1S/C33H35ClF2N4O6/c1-2-3-14-25(30(43)39-26(18-21-11-8-17-37-29(21)42)27(41)31(44)38-24-15-16-24)40-32(45)46-28(20-9-5-4-6-10-20)33(35,36)22-12-7-13-23(34)19-22/h4-13,17,19,24-26,28H,2-3,14-16,18H2,1H3,(H,37,42)(H,38,44)(H,39,43)(H,40,45)/t25-,26-,28?/m0/s1. The topological polar surface area (TPSA) is 146 Å². The first-order valence-electron chi connectivity index (χ1n) is 15.0. The zero-order valence-corrected chi connectivity index (χ0v) is 25.8. The molecule has 0 radical (unpaired) electrons. The highest BCUT2D eigenvalue weighted by Gasteiger charge is 2.46. The van der Waals surface area contributed by atoms with E-state index in [9.17, 15) is 24.0 Å². The fourth-order valence-electron chi connectivity index (χ4n) is 4.75. The van der Waals surface area contributed by atoms with E-state index in [0.29, 0.717) is 12.8 Å². The van der Waals surface area contributed by atoms with Crippen molar-refractivity contribution in [2.24, 2.45) is 0 Å². The van der Waals surface area contributed by atoms with E-state index in [1.807, 2.05) is 6.92 Å². The fourth-order valence-corrected chi connectivity index (χ4v) is 4.94. The summed E-state index contributed by atoms with van der Waals surface area (Å²) in [6.45, 7) is 1.85. The number of benzene rings is 2. The number of hydrogen-bond acceptors (Lipinski definition) is 6. The highest BCUT2D eigenvalue weighted by molar-refractivity contribution is 6.38. The van der Waals surface area contributed by atoms with Gasteiger partial charge < -0.3 is 25.7 Å². The zero-order chi connectivity index (χ0) is 33.3. The second kappa shape index (κ2) is 15.6. The molecule has 13 heteroatoms. The molecule has 1 heterocycles. The van der Waals surface area contributed by atoms with Crippen molar-refractivity contribution < 1.29 is 32.7 Å². The van der Waals surface area contributed by atoms with Gasteiger partial charge in [-0.1, -0.05) is 79.9 Å². The SMILES string of the molecule is CCCC[C@H](NC(=O)OC(c1ccccc1)C(F)(F)c1cccc(Cl)c1)C(=O)N[C@@H](Cc1ccc[nH]c1=O)C(=O)C(=O)NC1CC1.